The number of carbonyl (C=O) groups excluding carboxylic acids is 1. The summed E-state index contributed by atoms with van der Waals surface area (Å²) in [5.41, 5.74) is 3.23. The number of nitrogens with zero attached hydrogens (tertiary/aromatic N) is 2. The van der Waals surface area contributed by atoms with E-state index in [0.29, 0.717) is 6.54 Å². The van der Waals surface area contributed by atoms with Gasteiger partial charge in [-0.3, -0.25) is 14.6 Å². The van der Waals surface area contributed by atoms with Crippen molar-refractivity contribution >= 4 is 11.6 Å². The van der Waals surface area contributed by atoms with Gasteiger partial charge in [-0.25, -0.2) is 0 Å². The minimum atomic E-state index is 0.0400. The van der Waals surface area contributed by atoms with Crippen molar-refractivity contribution in [1.29, 1.82) is 0 Å². The first-order chi connectivity index (χ1) is 10.6. The summed E-state index contributed by atoms with van der Waals surface area (Å²) in [7, 11) is 1.99. The Bertz CT molecular complexity index is 499. The number of rotatable bonds is 6. The number of likely N-dealkylation sites (N-methyl/N-ethyl adjacent to an activating group) is 1. The largest absolute Gasteiger partial charge is 0.379 e. The molecule has 0 saturated carbocycles. The zero-order valence-electron chi connectivity index (χ0n) is 13.9. The van der Waals surface area contributed by atoms with Crippen LogP contribution in [0.5, 0.6) is 0 Å². The summed E-state index contributed by atoms with van der Waals surface area (Å²) in [5.74, 6) is 0.0400. The van der Waals surface area contributed by atoms with Gasteiger partial charge in [-0.1, -0.05) is 12.1 Å². The number of aryl methyl sites for hydroxylation is 1. The van der Waals surface area contributed by atoms with E-state index in [1.54, 1.807) is 0 Å². The summed E-state index contributed by atoms with van der Waals surface area (Å²) in [6, 6.07) is 5.98. The fourth-order valence-electron chi connectivity index (χ4n) is 2.54. The van der Waals surface area contributed by atoms with Gasteiger partial charge < -0.3 is 10.1 Å². The third-order valence-corrected chi connectivity index (χ3v) is 4.19. The molecule has 5 heteroatoms. The molecule has 1 amide bonds. The molecule has 1 fully saturated rings. The maximum atomic E-state index is 12.2. The summed E-state index contributed by atoms with van der Waals surface area (Å²) in [6.45, 7) is 9.99. The van der Waals surface area contributed by atoms with Gasteiger partial charge in [-0.2, -0.15) is 0 Å². The first-order valence-corrected chi connectivity index (χ1v) is 7.91. The van der Waals surface area contributed by atoms with Crippen LogP contribution in [0.4, 0.5) is 5.69 Å². The Kier molecular flexibility index (Phi) is 6.36. The summed E-state index contributed by atoms with van der Waals surface area (Å²) >= 11 is 0. The lowest BCUT2D eigenvalue weighted by molar-refractivity contribution is -0.117. The topological polar surface area (TPSA) is 44.8 Å². The summed E-state index contributed by atoms with van der Waals surface area (Å²) in [6.07, 6.45) is 0. The molecule has 1 aliphatic rings. The van der Waals surface area contributed by atoms with E-state index in [0.717, 1.165) is 50.6 Å². The lowest BCUT2D eigenvalue weighted by Crippen LogP contribution is -2.42. The molecule has 0 bridgehead atoms. The molecule has 1 aromatic carbocycles. The van der Waals surface area contributed by atoms with Crippen LogP contribution in [-0.2, 0) is 9.53 Å². The van der Waals surface area contributed by atoms with Crippen LogP contribution in [0.1, 0.15) is 11.1 Å². The standard InChI is InChI=1S/C17H27N3O2/c1-14-5-4-6-16(15(14)2)18-17(21)13-19(3)7-8-20-9-11-22-12-10-20/h4-6H,7-13H2,1-3H3,(H,18,21). The minimum absolute atomic E-state index is 0.0400. The van der Waals surface area contributed by atoms with E-state index in [1.165, 1.54) is 5.56 Å². The van der Waals surface area contributed by atoms with Crippen LogP contribution in [0.3, 0.4) is 0 Å². The van der Waals surface area contributed by atoms with Crippen LogP contribution < -0.4 is 5.32 Å². The highest BCUT2D eigenvalue weighted by molar-refractivity contribution is 5.93. The van der Waals surface area contributed by atoms with Crippen LogP contribution in [0.15, 0.2) is 18.2 Å². The van der Waals surface area contributed by atoms with Gasteiger partial charge in [0, 0.05) is 31.9 Å². The second-order valence-electron chi connectivity index (χ2n) is 5.99. The van der Waals surface area contributed by atoms with Gasteiger partial charge in [0.05, 0.1) is 19.8 Å². The molecular weight excluding hydrogens is 278 g/mol. The fraction of sp³-hybridized carbons (Fsp3) is 0.588. The number of carbonyl (C=O) groups is 1. The van der Waals surface area contributed by atoms with Crippen molar-refractivity contribution in [3.05, 3.63) is 29.3 Å². The average molecular weight is 305 g/mol. The van der Waals surface area contributed by atoms with E-state index in [9.17, 15) is 4.79 Å². The van der Waals surface area contributed by atoms with Crippen molar-refractivity contribution in [2.24, 2.45) is 0 Å². The number of nitrogens with one attached hydrogen (secondary N) is 1. The monoisotopic (exact) mass is 305 g/mol. The summed E-state index contributed by atoms with van der Waals surface area (Å²) < 4.78 is 5.34. The lowest BCUT2D eigenvalue weighted by atomic mass is 10.1. The van der Waals surface area contributed by atoms with Gasteiger partial charge in [0.2, 0.25) is 5.91 Å². The SMILES string of the molecule is Cc1cccc(NC(=O)CN(C)CCN2CCOCC2)c1C. The van der Waals surface area contributed by atoms with Crippen molar-refractivity contribution in [3.8, 4) is 0 Å². The van der Waals surface area contributed by atoms with Gasteiger partial charge >= 0.3 is 0 Å². The predicted octanol–water partition coefficient (Wildman–Crippen LogP) is 1.51. The molecule has 0 radical (unpaired) electrons. The van der Waals surface area contributed by atoms with Gasteiger partial charge in [-0.05, 0) is 38.1 Å². The molecule has 1 heterocycles. The van der Waals surface area contributed by atoms with Crippen molar-refractivity contribution in [2.45, 2.75) is 13.8 Å². The van der Waals surface area contributed by atoms with Crippen LogP contribution in [0, 0.1) is 13.8 Å². The van der Waals surface area contributed by atoms with Crippen LogP contribution in [0.25, 0.3) is 0 Å². The Labute approximate surface area is 133 Å². The summed E-state index contributed by atoms with van der Waals surface area (Å²) in [5, 5.41) is 3.01. The molecule has 0 aliphatic carbocycles. The second-order valence-corrected chi connectivity index (χ2v) is 5.99. The van der Waals surface area contributed by atoms with Crippen molar-refractivity contribution in [1.82, 2.24) is 9.80 Å². The third-order valence-electron chi connectivity index (χ3n) is 4.19. The van der Waals surface area contributed by atoms with Gasteiger partial charge in [0.15, 0.2) is 0 Å². The van der Waals surface area contributed by atoms with Crippen LogP contribution >= 0.6 is 0 Å². The number of anilines is 1. The molecule has 0 atom stereocenters. The van der Waals surface area contributed by atoms with E-state index in [-0.39, 0.29) is 5.91 Å². The van der Waals surface area contributed by atoms with Crippen LogP contribution in [0.2, 0.25) is 0 Å². The van der Waals surface area contributed by atoms with E-state index in [4.69, 9.17) is 4.74 Å². The highest BCUT2D eigenvalue weighted by atomic mass is 16.5. The smallest absolute Gasteiger partial charge is 0.238 e. The van der Waals surface area contributed by atoms with Gasteiger partial charge in [0.1, 0.15) is 0 Å². The molecule has 1 aromatic rings. The molecule has 122 valence electrons. The normalized spacial score (nSPS) is 16.0. The molecule has 0 aromatic heterocycles. The first-order valence-electron chi connectivity index (χ1n) is 7.91. The zero-order valence-corrected chi connectivity index (χ0v) is 13.9. The average Bonchev–Trinajstić information content (AvgIpc) is 2.51. The zero-order chi connectivity index (χ0) is 15.9. The Morgan fingerprint density at radius 2 is 2.05 bits per heavy atom. The Balaban J connectivity index is 1.75. The Morgan fingerprint density at radius 3 is 2.77 bits per heavy atom. The molecule has 1 N–H and O–H groups in total. The molecule has 0 spiro atoms. The highest BCUT2D eigenvalue weighted by Crippen LogP contribution is 2.17. The van der Waals surface area contributed by atoms with E-state index >= 15 is 0 Å². The maximum absolute atomic E-state index is 12.2. The van der Waals surface area contributed by atoms with Crippen LogP contribution in [-0.4, -0.2) is 68.7 Å². The molecule has 2 rings (SSSR count). The third kappa shape index (κ3) is 5.09. The number of hydrogen-bond donors (Lipinski definition) is 1. The molecule has 22 heavy (non-hydrogen) atoms. The number of ether oxygens (including phenoxy) is 1. The maximum Gasteiger partial charge on any atom is 0.238 e. The van der Waals surface area contributed by atoms with E-state index in [2.05, 4.69) is 28.1 Å². The molecule has 5 nitrogen and oxygen atoms in total. The van der Waals surface area contributed by atoms with Crippen molar-refractivity contribution in [2.75, 3.05) is 58.3 Å². The van der Waals surface area contributed by atoms with Gasteiger partial charge in [0.25, 0.3) is 0 Å². The second kappa shape index (κ2) is 8.27. The molecule has 1 aliphatic heterocycles. The van der Waals surface area contributed by atoms with Crippen molar-refractivity contribution in [3.63, 3.8) is 0 Å². The fourth-order valence-corrected chi connectivity index (χ4v) is 2.54. The number of morpholine rings is 1. The minimum Gasteiger partial charge on any atom is -0.379 e. The predicted molar refractivity (Wildman–Crippen MR) is 89.3 cm³/mol. The lowest BCUT2D eigenvalue weighted by Gasteiger charge is -2.28. The number of benzene rings is 1. The number of amides is 1. The summed E-state index contributed by atoms with van der Waals surface area (Å²) in [4.78, 5) is 16.6. The van der Waals surface area contributed by atoms with Crippen molar-refractivity contribution < 1.29 is 9.53 Å². The number of hydrogen-bond acceptors (Lipinski definition) is 4. The molecule has 1 saturated heterocycles. The van der Waals surface area contributed by atoms with Gasteiger partial charge in [-0.15, -0.1) is 0 Å². The Morgan fingerprint density at radius 1 is 1.32 bits per heavy atom. The van der Waals surface area contributed by atoms with E-state index in [1.807, 2.05) is 26.1 Å². The quantitative estimate of drug-likeness (QED) is 0.865. The first kappa shape index (κ1) is 16.9. The van der Waals surface area contributed by atoms with E-state index < -0.39 is 0 Å². The molecular formula is C17H27N3O2. The molecule has 0 unspecified atom stereocenters. The highest BCUT2D eigenvalue weighted by Gasteiger charge is 2.13. The Hall–Kier alpha value is -1.43.